The number of imidazole rings is 1. The first-order valence-electron chi connectivity index (χ1n) is 8.53. The standard InChI is InChI=1S/C17H25N3O4.ClH/c1-17(2,3)24-16(23)20-7-4-5-13(20)14-18-10-12-9-11(15(21)22)6-8-19(12)14;/h10-11,13H,4-9H2,1-3H3,(H,21,22);1H. The van der Waals surface area contributed by atoms with E-state index in [0.29, 0.717) is 25.9 Å². The number of amides is 1. The lowest BCUT2D eigenvalue weighted by atomic mass is 9.96. The smallest absolute Gasteiger partial charge is 0.410 e. The minimum absolute atomic E-state index is 0. The lowest BCUT2D eigenvalue weighted by Gasteiger charge is -2.30. The van der Waals surface area contributed by atoms with Crippen molar-refractivity contribution in [1.29, 1.82) is 0 Å². The second-order valence-corrected chi connectivity index (χ2v) is 7.62. The second-order valence-electron chi connectivity index (χ2n) is 7.62. The van der Waals surface area contributed by atoms with Gasteiger partial charge >= 0.3 is 12.1 Å². The number of carboxylic acids is 1. The van der Waals surface area contributed by atoms with Gasteiger partial charge in [-0.1, -0.05) is 0 Å². The molecule has 0 bridgehead atoms. The maximum absolute atomic E-state index is 12.5. The Bertz CT molecular complexity index is 653. The Morgan fingerprint density at radius 1 is 1.28 bits per heavy atom. The summed E-state index contributed by atoms with van der Waals surface area (Å²) in [5, 5.41) is 9.21. The Kier molecular flexibility index (Phi) is 5.66. The normalized spacial score (nSPS) is 22.9. The number of likely N-dealkylation sites (tertiary alicyclic amines) is 1. The van der Waals surface area contributed by atoms with E-state index in [0.717, 1.165) is 24.4 Å². The minimum Gasteiger partial charge on any atom is -0.481 e. The van der Waals surface area contributed by atoms with Crippen molar-refractivity contribution in [2.75, 3.05) is 6.54 Å². The Morgan fingerprint density at radius 3 is 2.64 bits per heavy atom. The number of rotatable bonds is 2. The van der Waals surface area contributed by atoms with Crippen LogP contribution in [0.15, 0.2) is 6.20 Å². The summed E-state index contributed by atoms with van der Waals surface area (Å²) in [4.78, 5) is 29.9. The van der Waals surface area contributed by atoms with E-state index in [4.69, 9.17) is 4.74 Å². The highest BCUT2D eigenvalue weighted by atomic mass is 35.5. The highest BCUT2D eigenvalue weighted by Crippen LogP contribution is 2.34. The Hall–Kier alpha value is -1.76. The molecule has 1 amide bonds. The van der Waals surface area contributed by atoms with Gasteiger partial charge < -0.3 is 14.4 Å². The molecular weight excluding hydrogens is 346 g/mol. The molecule has 25 heavy (non-hydrogen) atoms. The highest BCUT2D eigenvalue weighted by Gasteiger charge is 2.37. The largest absolute Gasteiger partial charge is 0.481 e. The van der Waals surface area contributed by atoms with Gasteiger partial charge in [0.25, 0.3) is 0 Å². The fraction of sp³-hybridized carbons (Fsp3) is 0.706. The molecule has 7 nitrogen and oxygen atoms in total. The van der Waals surface area contributed by atoms with E-state index in [1.165, 1.54) is 0 Å². The summed E-state index contributed by atoms with van der Waals surface area (Å²) in [6, 6.07) is -0.0880. The van der Waals surface area contributed by atoms with Crippen LogP contribution >= 0.6 is 12.4 Å². The van der Waals surface area contributed by atoms with Crippen molar-refractivity contribution in [3.8, 4) is 0 Å². The van der Waals surface area contributed by atoms with Crippen molar-refractivity contribution in [3.05, 3.63) is 17.7 Å². The van der Waals surface area contributed by atoms with Crippen LogP contribution in [0, 0.1) is 5.92 Å². The van der Waals surface area contributed by atoms with Gasteiger partial charge in [-0.3, -0.25) is 9.69 Å². The lowest BCUT2D eigenvalue weighted by molar-refractivity contribution is -0.142. The van der Waals surface area contributed by atoms with E-state index in [1.54, 1.807) is 11.1 Å². The lowest BCUT2D eigenvalue weighted by Crippen LogP contribution is -2.37. The number of halogens is 1. The fourth-order valence-corrected chi connectivity index (χ4v) is 3.54. The zero-order chi connectivity index (χ0) is 17.5. The number of ether oxygens (including phenoxy) is 1. The first-order valence-corrected chi connectivity index (χ1v) is 8.53. The average molecular weight is 372 g/mol. The molecule has 3 rings (SSSR count). The summed E-state index contributed by atoms with van der Waals surface area (Å²) in [7, 11) is 0. The zero-order valence-electron chi connectivity index (χ0n) is 14.9. The Labute approximate surface area is 153 Å². The van der Waals surface area contributed by atoms with Crippen LogP contribution in [0.3, 0.4) is 0 Å². The molecule has 0 saturated carbocycles. The second kappa shape index (κ2) is 7.23. The molecule has 2 unspecified atom stereocenters. The van der Waals surface area contributed by atoms with Gasteiger partial charge in [-0.25, -0.2) is 9.78 Å². The van der Waals surface area contributed by atoms with Crippen LogP contribution < -0.4 is 0 Å². The predicted molar refractivity (Wildman–Crippen MR) is 93.8 cm³/mol. The molecule has 1 aromatic rings. The summed E-state index contributed by atoms with van der Waals surface area (Å²) in [5.41, 5.74) is 0.421. The topological polar surface area (TPSA) is 84.7 Å². The van der Waals surface area contributed by atoms with Crippen LogP contribution in [-0.4, -0.2) is 43.8 Å². The third-order valence-corrected chi connectivity index (χ3v) is 4.65. The van der Waals surface area contributed by atoms with E-state index >= 15 is 0 Å². The van der Waals surface area contributed by atoms with Crippen LogP contribution in [0.5, 0.6) is 0 Å². The molecule has 2 aliphatic rings. The number of aromatic nitrogens is 2. The zero-order valence-corrected chi connectivity index (χ0v) is 15.7. The Balaban J connectivity index is 0.00000225. The first kappa shape index (κ1) is 19.6. The summed E-state index contributed by atoms with van der Waals surface area (Å²) in [6.07, 6.45) is 4.34. The van der Waals surface area contributed by atoms with Gasteiger partial charge in [-0.05, 0) is 40.0 Å². The molecule has 0 spiro atoms. The molecule has 1 saturated heterocycles. The predicted octanol–water partition coefficient (Wildman–Crippen LogP) is 3.02. The Morgan fingerprint density at radius 2 is 2.00 bits per heavy atom. The molecular formula is C17H26ClN3O4. The number of carbonyl (C=O) groups is 2. The number of aliphatic carboxylic acids is 1. The number of hydrogen-bond acceptors (Lipinski definition) is 4. The quantitative estimate of drug-likeness (QED) is 0.863. The van der Waals surface area contributed by atoms with E-state index in [-0.39, 0.29) is 30.5 Å². The van der Waals surface area contributed by atoms with Gasteiger partial charge in [0.2, 0.25) is 0 Å². The highest BCUT2D eigenvalue weighted by molar-refractivity contribution is 5.85. The van der Waals surface area contributed by atoms with Crippen LogP contribution in [0.2, 0.25) is 0 Å². The molecule has 2 aliphatic heterocycles. The SMILES string of the molecule is CC(C)(C)OC(=O)N1CCCC1c1ncc2n1CCC(C(=O)O)C2.Cl. The van der Waals surface area contributed by atoms with Crippen molar-refractivity contribution in [1.82, 2.24) is 14.5 Å². The number of carboxylic acid groups (broad SMARTS) is 1. The third-order valence-electron chi connectivity index (χ3n) is 4.65. The monoisotopic (exact) mass is 371 g/mol. The summed E-state index contributed by atoms with van der Waals surface area (Å²) in [5.74, 6) is -0.231. The molecule has 1 N–H and O–H groups in total. The van der Waals surface area contributed by atoms with E-state index in [1.807, 2.05) is 20.8 Å². The molecule has 1 aromatic heterocycles. The van der Waals surface area contributed by atoms with Gasteiger partial charge in [0, 0.05) is 31.4 Å². The molecule has 1 fully saturated rings. The van der Waals surface area contributed by atoms with E-state index < -0.39 is 11.6 Å². The third kappa shape index (κ3) is 4.08. The summed E-state index contributed by atoms with van der Waals surface area (Å²) >= 11 is 0. The van der Waals surface area contributed by atoms with Crippen molar-refractivity contribution in [2.24, 2.45) is 5.92 Å². The van der Waals surface area contributed by atoms with Gasteiger partial charge in [0.1, 0.15) is 11.4 Å². The van der Waals surface area contributed by atoms with Crippen molar-refractivity contribution >= 4 is 24.5 Å². The molecule has 140 valence electrons. The minimum atomic E-state index is -0.750. The first-order chi connectivity index (χ1) is 11.3. The van der Waals surface area contributed by atoms with Crippen molar-refractivity contribution < 1.29 is 19.4 Å². The van der Waals surface area contributed by atoms with Crippen LogP contribution in [0.25, 0.3) is 0 Å². The van der Waals surface area contributed by atoms with Crippen molar-refractivity contribution in [3.63, 3.8) is 0 Å². The molecule has 0 aromatic carbocycles. The molecule has 0 aliphatic carbocycles. The van der Waals surface area contributed by atoms with Gasteiger partial charge in [-0.2, -0.15) is 0 Å². The number of carbonyl (C=O) groups excluding carboxylic acids is 1. The molecule has 0 radical (unpaired) electrons. The number of fused-ring (bicyclic) bond motifs is 1. The van der Waals surface area contributed by atoms with Gasteiger partial charge in [0.05, 0.1) is 12.0 Å². The van der Waals surface area contributed by atoms with Crippen LogP contribution in [0.4, 0.5) is 4.79 Å². The maximum Gasteiger partial charge on any atom is 0.410 e. The molecule has 8 heteroatoms. The summed E-state index contributed by atoms with van der Waals surface area (Å²) in [6.45, 7) is 6.89. The van der Waals surface area contributed by atoms with E-state index in [2.05, 4.69) is 9.55 Å². The summed E-state index contributed by atoms with van der Waals surface area (Å²) < 4.78 is 7.60. The number of nitrogens with zero attached hydrogens (tertiary/aromatic N) is 3. The van der Waals surface area contributed by atoms with Crippen LogP contribution in [0.1, 0.15) is 57.6 Å². The van der Waals surface area contributed by atoms with Gasteiger partial charge in [-0.15, -0.1) is 12.4 Å². The van der Waals surface area contributed by atoms with E-state index in [9.17, 15) is 14.7 Å². The molecule has 3 heterocycles. The average Bonchev–Trinajstić information content (AvgIpc) is 3.10. The maximum atomic E-state index is 12.5. The van der Waals surface area contributed by atoms with Crippen molar-refractivity contribution in [2.45, 2.75) is 64.6 Å². The number of hydrogen-bond donors (Lipinski definition) is 1. The van der Waals surface area contributed by atoms with Gasteiger partial charge in [0.15, 0.2) is 0 Å². The van der Waals surface area contributed by atoms with Crippen LogP contribution in [-0.2, 0) is 22.5 Å². The fourth-order valence-electron chi connectivity index (χ4n) is 3.54. The molecule has 2 atom stereocenters.